The summed E-state index contributed by atoms with van der Waals surface area (Å²) < 4.78 is 0. The van der Waals surface area contributed by atoms with Gasteiger partial charge in [-0.3, -0.25) is 9.88 Å². The number of aromatic nitrogens is 2. The third-order valence-electron chi connectivity index (χ3n) is 3.91. The van der Waals surface area contributed by atoms with E-state index in [1.165, 1.54) is 5.56 Å². The van der Waals surface area contributed by atoms with Crippen LogP contribution >= 0.6 is 11.3 Å². The molecule has 1 aliphatic heterocycles. The smallest absolute Gasteiger partial charge is 0.185 e. The van der Waals surface area contributed by atoms with E-state index in [1.54, 1.807) is 11.3 Å². The van der Waals surface area contributed by atoms with Crippen molar-refractivity contribution >= 4 is 16.5 Å². The first kappa shape index (κ1) is 13.5. The molecule has 4 nitrogen and oxygen atoms in total. The van der Waals surface area contributed by atoms with Gasteiger partial charge in [0.2, 0.25) is 0 Å². The predicted octanol–water partition coefficient (Wildman–Crippen LogP) is 2.73. The van der Waals surface area contributed by atoms with Gasteiger partial charge in [-0.15, -0.1) is 11.3 Å². The summed E-state index contributed by atoms with van der Waals surface area (Å²) in [6.45, 7) is 8.58. The third kappa shape index (κ3) is 2.83. The highest BCUT2D eigenvalue weighted by molar-refractivity contribution is 7.13. The first-order valence-corrected chi connectivity index (χ1v) is 7.93. The number of rotatable bonds is 3. The molecule has 0 radical (unpaired) electrons. The molecule has 1 saturated heterocycles. The van der Waals surface area contributed by atoms with Gasteiger partial charge in [0.15, 0.2) is 5.13 Å². The van der Waals surface area contributed by atoms with Gasteiger partial charge in [-0.1, -0.05) is 6.07 Å². The Bertz CT molecular complexity index is 546. The Morgan fingerprint density at radius 3 is 2.65 bits per heavy atom. The second kappa shape index (κ2) is 5.89. The average molecular weight is 288 g/mol. The fourth-order valence-electron chi connectivity index (χ4n) is 2.62. The third-order valence-corrected chi connectivity index (χ3v) is 4.93. The van der Waals surface area contributed by atoms with Crippen molar-refractivity contribution in [1.29, 1.82) is 0 Å². The molecule has 3 rings (SSSR count). The van der Waals surface area contributed by atoms with Gasteiger partial charge in [0.25, 0.3) is 0 Å². The average Bonchev–Trinajstić information content (AvgIpc) is 2.94. The topological polar surface area (TPSA) is 32.3 Å². The molecule has 1 unspecified atom stereocenters. The van der Waals surface area contributed by atoms with Crippen LogP contribution in [0.1, 0.15) is 24.2 Å². The Morgan fingerprint density at radius 1 is 1.25 bits per heavy atom. The fourth-order valence-corrected chi connectivity index (χ4v) is 3.48. The monoisotopic (exact) mass is 288 g/mol. The molecule has 5 heteroatoms. The summed E-state index contributed by atoms with van der Waals surface area (Å²) in [5.74, 6) is 0. The van der Waals surface area contributed by atoms with Crippen molar-refractivity contribution in [3.63, 3.8) is 0 Å². The lowest BCUT2D eigenvalue weighted by Crippen LogP contribution is -2.47. The summed E-state index contributed by atoms with van der Waals surface area (Å²) in [6.07, 6.45) is 3.81. The molecule has 20 heavy (non-hydrogen) atoms. The molecule has 0 saturated carbocycles. The second-order valence-electron chi connectivity index (χ2n) is 5.26. The molecule has 0 aromatic carbocycles. The van der Waals surface area contributed by atoms with E-state index in [0.717, 1.165) is 37.0 Å². The van der Waals surface area contributed by atoms with E-state index in [0.29, 0.717) is 6.04 Å². The first-order chi connectivity index (χ1) is 9.74. The van der Waals surface area contributed by atoms with Crippen molar-refractivity contribution in [1.82, 2.24) is 14.9 Å². The van der Waals surface area contributed by atoms with Crippen LogP contribution < -0.4 is 4.90 Å². The number of hydrogen-bond donors (Lipinski definition) is 0. The zero-order chi connectivity index (χ0) is 13.9. The molecule has 2 aromatic rings. The SMILES string of the molecule is Cc1csc(N2CCN(C(C)c3cccnc3)CC2)n1. The van der Waals surface area contributed by atoms with Crippen LogP contribution in [0.2, 0.25) is 0 Å². The molecular weight excluding hydrogens is 268 g/mol. The second-order valence-corrected chi connectivity index (χ2v) is 6.09. The number of anilines is 1. The highest BCUT2D eigenvalue weighted by Gasteiger charge is 2.23. The van der Waals surface area contributed by atoms with Gasteiger partial charge >= 0.3 is 0 Å². The van der Waals surface area contributed by atoms with Gasteiger partial charge in [-0.2, -0.15) is 0 Å². The van der Waals surface area contributed by atoms with Crippen LogP contribution in [0.5, 0.6) is 0 Å². The van der Waals surface area contributed by atoms with Crippen LogP contribution in [0.15, 0.2) is 29.9 Å². The summed E-state index contributed by atoms with van der Waals surface area (Å²) in [7, 11) is 0. The van der Waals surface area contributed by atoms with E-state index in [1.807, 2.05) is 18.5 Å². The maximum Gasteiger partial charge on any atom is 0.185 e. The molecule has 0 aliphatic carbocycles. The van der Waals surface area contributed by atoms with E-state index >= 15 is 0 Å². The predicted molar refractivity (Wildman–Crippen MR) is 83.3 cm³/mol. The Labute approximate surface area is 124 Å². The number of thiazole rings is 1. The quantitative estimate of drug-likeness (QED) is 0.869. The van der Waals surface area contributed by atoms with Gasteiger partial charge in [0.1, 0.15) is 0 Å². The van der Waals surface area contributed by atoms with Gasteiger partial charge < -0.3 is 4.90 Å². The largest absolute Gasteiger partial charge is 0.346 e. The molecule has 3 heterocycles. The summed E-state index contributed by atoms with van der Waals surface area (Å²) in [6, 6.07) is 4.61. The standard InChI is InChI=1S/C15H20N4S/c1-12-11-20-15(17-12)19-8-6-18(7-9-19)13(2)14-4-3-5-16-10-14/h3-5,10-11,13H,6-9H2,1-2H3. The van der Waals surface area contributed by atoms with Crippen LogP contribution in [0.25, 0.3) is 0 Å². The lowest BCUT2D eigenvalue weighted by Gasteiger charge is -2.38. The molecular formula is C15H20N4S. The minimum atomic E-state index is 0.434. The highest BCUT2D eigenvalue weighted by atomic mass is 32.1. The molecule has 2 aromatic heterocycles. The van der Waals surface area contributed by atoms with Crippen molar-refractivity contribution < 1.29 is 0 Å². The van der Waals surface area contributed by atoms with Gasteiger partial charge in [-0.05, 0) is 25.5 Å². The van der Waals surface area contributed by atoms with E-state index in [-0.39, 0.29) is 0 Å². The first-order valence-electron chi connectivity index (χ1n) is 7.05. The molecule has 1 aliphatic rings. The Kier molecular flexibility index (Phi) is 3.98. The number of nitrogens with zero attached hydrogens (tertiary/aromatic N) is 4. The molecule has 0 N–H and O–H groups in total. The van der Waals surface area contributed by atoms with Crippen molar-refractivity contribution in [2.45, 2.75) is 19.9 Å². The summed E-state index contributed by atoms with van der Waals surface area (Å²) in [4.78, 5) is 13.7. The number of hydrogen-bond acceptors (Lipinski definition) is 5. The van der Waals surface area contributed by atoms with Gasteiger partial charge in [-0.25, -0.2) is 4.98 Å². The van der Waals surface area contributed by atoms with E-state index in [9.17, 15) is 0 Å². The minimum Gasteiger partial charge on any atom is -0.346 e. The van der Waals surface area contributed by atoms with E-state index in [4.69, 9.17) is 0 Å². The highest BCUT2D eigenvalue weighted by Crippen LogP contribution is 2.25. The van der Waals surface area contributed by atoms with Crippen LogP contribution in [-0.4, -0.2) is 41.0 Å². The summed E-state index contributed by atoms with van der Waals surface area (Å²) >= 11 is 1.75. The molecule has 1 atom stereocenters. The molecule has 0 spiro atoms. The van der Waals surface area contributed by atoms with Crippen molar-refractivity contribution in [3.05, 3.63) is 41.2 Å². The molecule has 0 bridgehead atoms. The minimum absolute atomic E-state index is 0.434. The maximum atomic E-state index is 4.58. The van der Waals surface area contributed by atoms with Gasteiger partial charge in [0.05, 0.1) is 5.69 Å². The summed E-state index contributed by atoms with van der Waals surface area (Å²) in [5, 5.41) is 3.29. The Balaban J connectivity index is 1.61. The van der Waals surface area contributed by atoms with Crippen LogP contribution in [0, 0.1) is 6.92 Å². The van der Waals surface area contributed by atoms with Crippen LogP contribution in [-0.2, 0) is 0 Å². The fraction of sp³-hybridized carbons (Fsp3) is 0.467. The molecule has 1 fully saturated rings. The summed E-state index contributed by atoms with van der Waals surface area (Å²) in [5.41, 5.74) is 2.42. The zero-order valence-corrected chi connectivity index (χ0v) is 12.8. The van der Waals surface area contributed by atoms with E-state index < -0.39 is 0 Å². The Hall–Kier alpha value is -1.46. The normalized spacial score (nSPS) is 18.2. The number of pyridine rings is 1. The van der Waals surface area contributed by atoms with Crippen LogP contribution in [0.4, 0.5) is 5.13 Å². The number of aryl methyl sites for hydroxylation is 1. The Morgan fingerprint density at radius 2 is 2.05 bits per heavy atom. The molecule has 0 amide bonds. The van der Waals surface area contributed by atoms with Crippen LogP contribution in [0.3, 0.4) is 0 Å². The number of piperazine rings is 1. The van der Waals surface area contributed by atoms with Gasteiger partial charge in [0, 0.05) is 50.0 Å². The van der Waals surface area contributed by atoms with Crippen molar-refractivity contribution in [2.75, 3.05) is 31.1 Å². The lowest BCUT2D eigenvalue weighted by molar-refractivity contribution is 0.198. The lowest BCUT2D eigenvalue weighted by atomic mass is 10.1. The van der Waals surface area contributed by atoms with Crippen molar-refractivity contribution in [3.8, 4) is 0 Å². The maximum absolute atomic E-state index is 4.58. The van der Waals surface area contributed by atoms with E-state index in [2.05, 4.69) is 45.1 Å². The zero-order valence-electron chi connectivity index (χ0n) is 12.0. The van der Waals surface area contributed by atoms with Crippen molar-refractivity contribution in [2.24, 2.45) is 0 Å². The molecule has 106 valence electrons.